The van der Waals surface area contributed by atoms with E-state index in [0.717, 1.165) is 80.3 Å². The highest BCUT2D eigenvalue weighted by Crippen LogP contribution is 2.43. The molecule has 1 aliphatic heterocycles. The standard InChI is InChI=1S/C47H55ClN8O8S/c1-47(2)19-17-34(40(29-47)32-9-11-35(48)12-10-32)31-54-22-24-55(25-23-54)36-13-15-39(43(27-36)64-37-26-33-18-21-50-45(33)51-30-37)46(58)53-65(62,63)38-14-16-41(42(28-38)56(60)61)49-20-7-5-3-4-6-8-44(57)52-59/h9-16,18,21,26-28,30,49,59H,3-8,17,19-20,22-25,29,31H2,1-2H3,(H,50,51)(H,52,57)(H,53,58). The van der Waals surface area contributed by atoms with Gasteiger partial charge in [0.2, 0.25) is 5.91 Å². The summed E-state index contributed by atoms with van der Waals surface area (Å²) >= 11 is 6.24. The molecule has 0 spiro atoms. The monoisotopic (exact) mass is 926 g/mol. The Hall–Kier alpha value is -6.01. The van der Waals surface area contributed by atoms with Crippen molar-refractivity contribution < 1.29 is 32.9 Å². The van der Waals surface area contributed by atoms with Crippen molar-refractivity contribution in [3.8, 4) is 11.5 Å². The minimum absolute atomic E-state index is 0.0588. The predicted molar refractivity (Wildman–Crippen MR) is 251 cm³/mol. The number of fused-ring (bicyclic) bond motifs is 1. The van der Waals surface area contributed by atoms with Gasteiger partial charge in [-0.1, -0.05) is 62.4 Å². The third-order valence-corrected chi connectivity index (χ3v) is 13.6. The molecule has 2 aromatic heterocycles. The van der Waals surface area contributed by atoms with Crippen LogP contribution in [-0.4, -0.2) is 84.5 Å². The smallest absolute Gasteiger partial charge is 0.293 e. The highest BCUT2D eigenvalue weighted by molar-refractivity contribution is 7.90. The molecule has 344 valence electrons. The number of hydroxylamine groups is 1. The number of nitro benzene ring substituents is 1. The molecule has 0 unspecified atom stereocenters. The van der Waals surface area contributed by atoms with E-state index in [1.165, 1.54) is 41.1 Å². The third-order valence-electron chi connectivity index (χ3n) is 12.1. The quantitative estimate of drug-likeness (QED) is 0.0227. The molecule has 16 nitrogen and oxygen atoms in total. The van der Waals surface area contributed by atoms with Crippen LogP contribution in [0.25, 0.3) is 16.6 Å². The van der Waals surface area contributed by atoms with Crippen LogP contribution in [0, 0.1) is 15.5 Å². The Morgan fingerprint density at radius 3 is 2.48 bits per heavy atom. The van der Waals surface area contributed by atoms with Gasteiger partial charge in [0.15, 0.2) is 0 Å². The number of allylic oxidation sites excluding steroid dienone is 1. The number of unbranched alkanes of at least 4 members (excludes halogenated alkanes) is 4. The Balaban J connectivity index is 1.04. The van der Waals surface area contributed by atoms with E-state index in [-0.39, 0.29) is 28.8 Å². The second kappa shape index (κ2) is 20.9. The first-order valence-corrected chi connectivity index (χ1v) is 23.8. The summed E-state index contributed by atoms with van der Waals surface area (Å²) in [6.07, 6.45) is 10.4. The zero-order valence-corrected chi connectivity index (χ0v) is 38.1. The van der Waals surface area contributed by atoms with Crippen molar-refractivity contribution in [3.05, 3.63) is 117 Å². The number of nitrogens with zero attached hydrogens (tertiary/aromatic N) is 4. The Morgan fingerprint density at radius 1 is 0.969 bits per heavy atom. The fourth-order valence-corrected chi connectivity index (χ4v) is 9.53. The number of carbonyl (C=O) groups is 2. The van der Waals surface area contributed by atoms with Crippen molar-refractivity contribution in [3.63, 3.8) is 0 Å². The van der Waals surface area contributed by atoms with E-state index in [4.69, 9.17) is 21.5 Å². The maximum absolute atomic E-state index is 13.9. The number of ether oxygens (including phenoxy) is 1. The predicted octanol–water partition coefficient (Wildman–Crippen LogP) is 9.08. The molecule has 2 aliphatic rings. The van der Waals surface area contributed by atoms with Crippen molar-refractivity contribution in [2.45, 2.75) is 76.5 Å². The van der Waals surface area contributed by atoms with Crippen LogP contribution in [-0.2, 0) is 14.8 Å². The van der Waals surface area contributed by atoms with Crippen molar-refractivity contribution in [2.75, 3.05) is 49.5 Å². The first-order chi connectivity index (χ1) is 31.2. The fourth-order valence-electron chi connectivity index (χ4n) is 8.42. The molecule has 1 saturated heterocycles. The number of halogens is 1. The summed E-state index contributed by atoms with van der Waals surface area (Å²) in [4.78, 5) is 48.2. The lowest BCUT2D eigenvalue weighted by Gasteiger charge is -2.39. The van der Waals surface area contributed by atoms with Crippen LogP contribution >= 0.6 is 11.6 Å². The summed E-state index contributed by atoms with van der Waals surface area (Å²) < 4.78 is 35.8. The van der Waals surface area contributed by atoms with Crippen molar-refractivity contribution in [1.82, 2.24) is 25.1 Å². The van der Waals surface area contributed by atoms with Gasteiger partial charge >= 0.3 is 0 Å². The van der Waals surface area contributed by atoms with Gasteiger partial charge in [-0.05, 0) is 97.2 Å². The van der Waals surface area contributed by atoms with Crippen LogP contribution in [0.15, 0.2) is 95.7 Å². The van der Waals surface area contributed by atoms with E-state index in [1.807, 2.05) is 18.2 Å². The Labute approximate surface area is 383 Å². The first-order valence-electron chi connectivity index (χ1n) is 21.9. The number of nitro groups is 1. The number of sulfonamides is 1. The van der Waals surface area contributed by atoms with Crippen molar-refractivity contribution in [1.29, 1.82) is 0 Å². The molecule has 0 saturated carbocycles. The molecule has 3 heterocycles. The Bertz CT molecular complexity index is 2660. The van der Waals surface area contributed by atoms with Gasteiger partial charge in [-0.15, -0.1) is 0 Å². The number of H-pyrrole nitrogens is 1. The number of hydrogen-bond donors (Lipinski definition) is 5. The normalized spacial score (nSPS) is 15.5. The number of rotatable bonds is 19. The maximum Gasteiger partial charge on any atom is 0.293 e. The maximum atomic E-state index is 13.9. The zero-order chi connectivity index (χ0) is 46.1. The van der Waals surface area contributed by atoms with Crippen LogP contribution in [0.2, 0.25) is 5.02 Å². The van der Waals surface area contributed by atoms with Gasteiger partial charge in [-0.3, -0.25) is 29.8 Å². The summed E-state index contributed by atoms with van der Waals surface area (Å²) in [7, 11) is -4.59. The highest BCUT2D eigenvalue weighted by Gasteiger charge is 2.30. The number of piperazine rings is 1. The lowest BCUT2D eigenvalue weighted by atomic mass is 9.72. The zero-order valence-electron chi connectivity index (χ0n) is 36.6. The summed E-state index contributed by atoms with van der Waals surface area (Å²) in [6.45, 7) is 8.95. The summed E-state index contributed by atoms with van der Waals surface area (Å²) in [5.41, 5.74) is 6.96. The number of pyridine rings is 1. The number of aromatic amines is 1. The van der Waals surface area contributed by atoms with E-state index in [9.17, 15) is 28.1 Å². The molecule has 1 aliphatic carbocycles. The van der Waals surface area contributed by atoms with Gasteiger partial charge in [-0.25, -0.2) is 23.6 Å². The largest absolute Gasteiger partial charge is 0.455 e. The molecule has 65 heavy (non-hydrogen) atoms. The molecule has 0 bridgehead atoms. The molecule has 18 heteroatoms. The summed E-state index contributed by atoms with van der Waals surface area (Å²) in [5, 5.41) is 25.2. The van der Waals surface area contributed by atoms with Gasteiger partial charge in [0.05, 0.1) is 21.6 Å². The van der Waals surface area contributed by atoms with Crippen LogP contribution in [0.3, 0.4) is 0 Å². The molecule has 5 N–H and O–H groups in total. The molecule has 3 aromatic carbocycles. The van der Waals surface area contributed by atoms with Crippen molar-refractivity contribution >= 4 is 67.1 Å². The number of benzene rings is 3. The number of hydrogen-bond acceptors (Lipinski definition) is 12. The molecule has 5 aromatic rings. The summed E-state index contributed by atoms with van der Waals surface area (Å²) in [6, 6.07) is 20.2. The van der Waals surface area contributed by atoms with Gasteiger partial charge in [-0.2, -0.15) is 0 Å². The number of anilines is 2. The van der Waals surface area contributed by atoms with Gasteiger partial charge in [0.25, 0.3) is 21.6 Å². The number of nitrogens with one attached hydrogen (secondary N) is 4. The van der Waals surface area contributed by atoms with E-state index in [0.29, 0.717) is 43.9 Å². The molecule has 7 rings (SSSR count). The lowest BCUT2D eigenvalue weighted by molar-refractivity contribution is -0.384. The van der Waals surface area contributed by atoms with Crippen LogP contribution in [0.1, 0.15) is 87.6 Å². The third kappa shape index (κ3) is 12.2. The number of amides is 2. The van der Waals surface area contributed by atoms with Gasteiger partial charge in [0.1, 0.15) is 22.8 Å². The number of carbonyl (C=O) groups excluding carboxylic acids is 2. The van der Waals surface area contributed by atoms with Crippen LogP contribution in [0.4, 0.5) is 17.1 Å². The molecular formula is C47H55ClN8O8S. The average Bonchev–Trinajstić information content (AvgIpc) is 3.76. The highest BCUT2D eigenvalue weighted by atomic mass is 35.5. The van der Waals surface area contributed by atoms with Gasteiger partial charge < -0.3 is 19.9 Å². The minimum atomic E-state index is -4.59. The molecule has 2 amide bonds. The average molecular weight is 928 g/mol. The second-order valence-corrected chi connectivity index (χ2v) is 19.5. The molecule has 0 atom stereocenters. The van der Waals surface area contributed by atoms with E-state index in [1.54, 1.807) is 29.9 Å². The first kappa shape index (κ1) is 47.0. The fraction of sp³-hybridized carbons (Fsp3) is 0.383. The van der Waals surface area contributed by atoms with E-state index < -0.39 is 37.3 Å². The molecule has 1 fully saturated rings. The summed E-state index contributed by atoms with van der Waals surface area (Å²) in [5.74, 6) is -0.968. The van der Waals surface area contributed by atoms with Crippen LogP contribution < -0.4 is 25.2 Å². The molecule has 0 radical (unpaired) electrons. The second-order valence-electron chi connectivity index (χ2n) is 17.4. The lowest BCUT2D eigenvalue weighted by Crippen LogP contribution is -2.47. The van der Waals surface area contributed by atoms with E-state index in [2.05, 4.69) is 55.8 Å². The van der Waals surface area contributed by atoms with E-state index >= 15 is 0 Å². The van der Waals surface area contributed by atoms with Crippen molar-refractivity contribution in [2.24, 2.45) is 5.41 Å². The molecular weight excluding hydrogens is 872 g/mol. The minimum Gasteiger partial charge on any atom is -0.455 e. The number of aromatic nitrogens is 2. The van der Waals surface area contributed by atoms with Gasteiger partial charge in [0, 0.05) is 80.1 Å². The Kier molecular flexibility index (Phi) is 15.1. The topological polar surface area (TPSA) is 212 Å². The Morgan fingerprint density at radius 2 is 1.72 bits per heavy atom. The SMILES string of the molecule is CC1(C)CCC(CN2CCN(c3ccc(C(=O)NS(=O)(=O)c4ccc(NCCCCCCCC(=O)NO)c([N+](=O)[O-])c4)c(Oc4cnc5[nH]ccc5c4)c3)CC2)=C(c2ccc(Cl)cc2)C1. The van der Waals surface area contributed by atoms with Crippen LogP contribution in [0.5, 0.6) is 11.5 Å².